The molecular formula is C16H22N2O5S. The number of nitrogens with one attached hydrogen (secondary N) is 1. The second kappa shape index (κ2) is 6.52. The summed E-state index contributed by atoms with van der Waals surface area (Å²) in [6, 6.07) is 5.32. The van der Waals surface area contributed by atoms with E-state index in [9.17, 15) is 23.1 Å². The van der Waals surface area contributed by atoms with Gasteiger partial charge in [0.2, 0.25) is 10.0 Å². The van der Waals surface area contributed by atoms with Crippen LogP contribution in [0.5, 0.6) is 0 Å². The van der Waals surface area contributed by atoms with Crippen molar-refractivity contribution in [1.29, 1.82) is 0 Å². The van der Waals surface area contributed by atoms with E-state index in [1.165, 1.54) is 35.6 Å². The van der Waals surface area contributed by atoms with Crippen LogP contribution in [-0.4, -0.2) is 48.3 Å². The molecule has 0 aromatic heterocycles. The Labute approximate surface area is 141 Å². The van der Waals surface area contributed by atoms with Gasteiger partial charge in [0, 0.05) is 18.7 Å². The molecule has 1 aliphatic rings. The van der Waals surface area contributed by atoms with Gasteiger partial charge in [-0.25, -0.2) is 13.2 Å². The number of sulfonamides is 1. The van der Waals surface area contributed by atoms with E-state index in [0.717, 1.165) is 6.42 Å². The van der Waals surface area contributed by atoms with Gasteiger partial charge in [0.1, 0.15) is 5.54 Å². The quantitative estimate of drug-likeness (QED) is 0.805. The molecule has 7 nitrogen and oxygen atoms in total. The molecule has 1 saturated carbocycles. The van der Waals surface area contributed by atoms with E-state index in [-0.39, 0.29) is 16.5 Å². The molecule has 132 valence electrons. The first-order chi connectivity index (χ1) is 11.1. The topological polar surface area (TPSA) is 104 Å². The molecule has 2 rings (SSSR count). The third-order valence-corrected chi connectivity index (χ3v) is 6.54. The zero-order valence-corrected chi connectivity index (χ0v) is 14.8. The Morgan fingerprint density at radius 3 is 2.12 bits per heavy atom. The van der Waals surface area contributed by atoms with Gasteiger partial charge >= 0.3 is 5.97 Å². The summed E-state index contributed by atoms with van der Waals surface area (Å²) in [7, 11) is -2.12. The summed E-state index contributed by atoms with van der Waals surface area (Å²) in [6.45, 7) is 3.53. The van der Waals surface area contributed by atoms with Crippen molar-refractivity contribution in [3.8, 4) is 0 Å². The Morgan fingerprint density at radius 2 is 1.75 bits per heavy atom. The third kappa shape index (κ3) is 3.29. The fraction of sp³-hybridized carbons (Fsp3) is 0.500. The number of hydrogen-bond acceptors (Lipinski definition) is 4. The lowest BCUT2D eigenvalue weighted by atomic mass is 9.76. The number of carbonyl (C=O) groups is 2. The summed E-state index contributed by atoms with van der Waals surface area (Å²) in [5, 5.41) is 11.8. The molecule has 1 amide bonds. The molecule has 0 unspecified atom stereocenters. The minimum absolute atomic E-state index is 0.0897. The molecule has 0 aliphatic heterocycles. The summed E-state index contributed by atoms with van der Waals surface area (Å²) < 4.78 is 26.0. The van der Waals surface area contributed by atoms with Crippen molar-refractivity contribution in [3.05, 3.63) is 29.8 Å². The van der Waals surface area contributed by atoms with Crippen molar-refractivity contribution in [2.24, 2.45) is 0 Å². The molecule has 2 N–H and O–H groups in total. The highest BCUT2D eigenvalue weighted by molar-refractivity contribution is 7.89. The van der Waals surface area contributed by atoms with Gasteiger partial charge in [-0.2, -0.15) is 4.31 Å². The Hall–Kier alpha value is -1.93. The third-order valence-electron chi connectivity index (χ3n) is 4.49. The van der Waals surface area contributed by atoms with E-state index in [1.54, 1.807) is 13.8 Å². The SMILES string of the molecule is CC(C)N(C)S(=O)(=O)c1ccc(C(=O)NC2(C(=O)O)CCC2)cc1. The lowest BCUT2D eigenvalue weighted by molar-refractivity contribution is -0.148. The summed E-state index contributed by atoms with van der Waals surface area (Å²) in [4.78, 5) is 23.6. The van der Waals surface area contributed by atoms with E-state index < -0.39 is 27.4 Å². The predicted octanol–water partition coefficient (Wildman–Crippen LogP) is 1.45. The van der Waals surface area contributed by atoms with Crippen LogP contribution in [0.3, 0.4) is 0 Å². The lowest BCUT2D eigenvalue weighted by Crippen LogP contribution is -2.59. The average Bonchev–Trinajstić information content (AvgIpc) is 2.49. The second-order valence-corrected chi connectivity index (χ2v) is 8.33. The Kier molecular flexibility index (Phi) is 5.00. The number of benzene rings is 1. The van der Waals surface area contributed by atoms with Crippen LogP contribution < -0.4 is 5.32 Å². The van der Waals surface area contributed by atoms with E-state index in [2.05, 4.69) is 5.32 Å². The summed E-state index contributed by atoms with van der Waals surface area (Å²) in [5.41, 5.74) is -0.964. The molecule has 0 bridgehead atoms. The second-order valence-electron chi connectivity index (χ2n) is 6.33. The molecule has 0 heterocycles. The maximum absolute atomic E-state index is 12.4. The lowest BCUT2D eigenvalue weighted by Gasteiger charge is -2.38. The molecule has 8 heteroatoms. The molecule has 0 radical (unpaired) electrons. The van der Waals surface area contributed by atoms with Gasteiger partial charge in [-0.1, -0.05) is 0 Å². The first kappa shape index (κ1) is 18.4. The van der Waals surface area contributed by atoms with Gasteiger partial charge in [-0.3, -0.25) is 4.79 Å². The first-order valence-electron chi connectivity index (χ1n) is 7.74. The highest BCUT2D eigenvalue weighted by atomic mass is 32.2. The summed E-state index contributed by atoms with van der Waals surface area (Å²) in [5.74, 6) is -1.56. The van der Waals surface area contributed by atoms with Gasteiger partial charge in [-0.05, 0) is 57.4 Å². The Bertz CT molecular complexity index is 736. The van der Waals surface area contributed by atoms with E-state index in [4.69, 9.17) is 0 Å². The fourth-order valence-corrected chi connectivity index (χ4v) is 3.80. The first-order valence-corrected chi connectivity index (χ1v) is 9.18. The number of carbonyl (C=O) groups excluding carboxylic acids is 1. The van der Waals surface area contributed by atoms with Crippen LogP contribution in [0.15, 0.2) is 29.2 Å². The number of nitrogens with zero attached hydrogens (tertiary/aromatic N) is 1. The predicted molar refractivity (Wildman–Crippen MR) is 88.2 cm³/mol. The van der Waals surface area contributed by atoms with Crippen LogP contribution in [0.2, 0.25) is 0 Å². The fourth-order valence-electron chi connectivity index (χ4n) is 2.43. The average molecular weight is 354 g/mol. The summed E-state index contributed by atoms with van der Waals surface area (Å²) in [6.07, 6.45) is 1.56. The van der Waals surface area contributed by atoms with Crippen molar-refractivity contribution in [3.63, 3.8) is 0 Å². The highest BCUT2D eigenvalue weighted by Crippen LogP contribution is 2.32. The largest absolute Gasteiger partial charge is 0.480 e. The van der Waals surface area contributed by atoms with Crippen LogP contribution in [0, 0.1) is 0 Å². The molecule has 1 aromatic rings. The van der Waals surface area contributed by atoms with Gasteiger partial charge in [0.15, 0.2) is 0 Å². The van der Waals surface area contributed by atoms with Gasteiger partial charge < -0.3 is 10.4 Å². The zero-order chi connectivity index (χ0) is 18.1. The molecule has 1 fully saturated rings. The molecule has 1 aromatic carbocycles. The molecule has 1 aliphatic carbocycles. The number of aliphatic carboxylic acids is 1. The van der Waals surface area contributed by atoms with Crippen LogP contribution in [-0.2, 0) is 14.8 Å². The van der Waals surface area contributed by atoms with Crippen molar-refractivity contribution in [1.82, 2.24) is 9.62 Å². The maximum atomic E-state index is 12.4. The summed E-state index contributed by atoms with van der Waals surface area (Å²) >= 11 is 0. The molecule has 0 atom stereocenters. The van der Waals surface area contributed by atoms with Gasteiger partial charge in [0.25, 0.3) is 5.91 Å². The van der Waals surface area contributed by atoms with Gasteiger partial charge in [-0.15, -0.1) is 0 Å². The van der Waals surface area contributed by atoms with Crippen molar-refractivity contribution in [2.75, 3.05) is 7.05 Å². The van der Waals surface area contributed by atoms with E-state index >= 15 is 0 Å². The van der Waals surface area contributed by atoms with Crippen molar-refractivity contribution in [2.45, 2.75) is 49.6 Å². The number of amides is 1. The van der Waals surface area contributed by atoms with Crippen LogP contribution in [0.1, 0.15) is 43.5 Å². The number of carboxylic acids is 1. The zero-order valence-electron chi connectivity index (χ0n) is 13.9. The molecular weight excluding hydrogens is 332 g/mol. The molecule has 0 saturated heterocycles. The molecule has 24 heavy (non-hydrogen) atoms. The number of rotatable bonds is 6. The van der Waals surface area contributed by atoms with Crippen LogP contribution in [0.4, 0.5) is 0 Å². The van der Waals surface area contributed by atoms with Crippen molar-refractivity contribution >= 4 is 21.9 Å². The number of hydrogen-bond donors (Lipinski definition) is 2. The van der Waals surface area contributed by atoms with E-state index in [0.29, 0.717) is 12.8 Å². The van der Waals surface area contributed by atoms with Crippen molar-refractivity contribution < 1.29 is 23.1 Å². The minimum Gasteiger partial charge on any atom is -0.480 e. The highest BCUT2D eigenvalue weighted by Gasteiger charge is 2.45. The van der Waals surface area contributed by atoms with Gasteiger partial charge in [0.05, 0.1) is 4.90 Å². The maximum Gasteiger partial charge on any atom is 0.329 e. The Morgan fingerprint density at radius 1 is 1.21 bits per heavy atom. The van der Waals surface area contributed by atoms with Crippen LogP contribution in [0.25, 0.3) is 0 Å². The van der Waals surface area contributed by atoms with Crippen LogP contribution >= 0.6 is 0 Å². The minimum atomic E-state index is -3.62. The standard InChI is InChI=1S/C16H22N2O5S/c1-11(2)18(3)24(22,23)13-7-5-12(6-8-13)14(19)17-16(15(20)21)9-4-10-16/h5-8,11H,4,9-10H2,1-3H3,(H,17,19)(H,20,21). The Balaban J connectivity index is 2.18. The van der Waals surface area contributed by atoms with E-state index in [1.807, 2.05) is 0 Å². The molecule has 0 spiro atoms. The number of carboxylic acid groups (broad SMARTS) is 1. The monoisotopic (exact) mass is 354 g/mol. The normalized spacial score (nSPS) is 16.7. The smallest absolute Gasteiger partial charge is 0.329 e.